The Labute approximate surface area is 115 Å². The van der Waals surface area contributed by atoms with Gasteiger partial charge in [0.25, 0.3) is 0 Å². The highest BCUT2D eigenvalue weighted by Gasteiger charge is 2.05. The zero-order chi connectivity index (χ0) is 14.3. The van der Waals surface area contributed by atoms with Gasteiger partial charge in [0.05, 0.1) is 5.75 Å². The van der Waals surface area contributed by atoms with E-state index in [-0.39, 0.29) is 17.6 Å². The van der Waals surface area contributed by atoms with E-state index in [0.29, 0.717) is 24.1 Å². The molecule has 0 saturated heterocycles. The first-order valence-electron chi connectivity index (χ1n) is 5.72. The highest BCUT2D eigenvalue weighted by Crippen LogP contribution is 2.14. The number of amides is 2. The highest BCUT2D eigenvalue weighted by atomic mass is 32.2. The van der Waals surface area contributed by atoms with E-state index in [9.17, 15) is 9.59 Å². The smallest absolute Gasteiger partial charge is 0.230 e. The van der Waals surface area contributed by atoms with Crippen LogP contribution in [0.2, 0.25) is 0 Å². The molecule has 104 valence electrons. The number of anilines is 1. The normalized spacial score (nSPS) is 10.0. The van der Waals surface area contributed by atoms with Crippen LogP contribution in [-0.2, 0) is 9.59 Å². The third-order valence-electron chi connectivity index (χ3n) is 2.01. The third kappa shape index (κ3) is 6.61. The molecule has 0 aromatic carbocycles. The van der Waals surface area contributed by atoms with Gasteiger partial charge in [-0.3, -0.25) is 9.59 Å². The van der Waals surface area contributed by atoms with Gasteiger partial charge in [-0.25, -0.2) is 9.97 Å². The number of aromatic nitrogens is 2. The zero-order valence-corrected chi connectivity index (χ0v) is 11.7. The van der Waals surface area contributed by atoms with Crippen molar-refractivity contribution in [3.8, 4) is 0 Å². The Hall–Kier alpha value is -1.83. The number of nitrogen functional groups attached to an aromatic ring is 1. The average molecular weight is 283 g/mol. The number of nitrogens with one attached hydrogen (secondary N) is 2. The predicted octanol–water partition coefficient (Wildman–Crippen LogP) is -0.288. The summed E-state index contributed by atoms with van der Waals surface area (Å²) < 4.78 is 0. The van der Waals surface area contributed by atoms with Crippen molar-refractivity contribution < 1.29 is 9.59 Å². The fourth-order valence-corrected chi connectivity index (χ4v) is 1.99. The Kier molecular flexibility index (Phi) is 6.07. The van der Waals surface area contributed by atoms with Crippen molar-refractivity contribution in [1.29, 1.82) is 0 Å². The number of nitrogens with two attached hydrogens (primary N) is 1. The Bertz CT molecular complexity index is 446. The monoisotopic (exact) mass is 283 g/mol. The van der Waals surface area contributed by atoms with Gasteiger partial charge in [0.1, 0.15) is 5.82 Å². The summed E-state index contributed by atoms with van der Waals surface area (Å²) in [5.41, 5.74) is 6.35. The Morgan fingerprint density at radius 2 is 2.00 bits per heavy atom. The molecule has 0 fully saturated rings. The summed E-state index contributed by atoms with van der Waals surface area (Å²) in [5, 5.41) is 5.75. The number of hydrogen-bond donors (Lipinski definition) is 3. The van der Waals surface area contributed by atoms with Crippen molar-refractivity contribution in [2.45, 2.75) is 19.0 Å². The van der Waals surface area contributed by atoms with Gasteiger partial charge in [0.15, 0.2) is 5.16 Å². The maximum atomic E-state index is 11.5. The molecule has 7 nitrogen and oxygen atoms in total. The van der Waals surface area contributed by atoms with Crippen LogP contribution in [0.15, 0.2) is 11.2 Å². The van der Waals surface area contributed by atoms with Crippen LogP contribution < -0.4 is 16.4 Å². The molecule has 0 aliphatic carbocycles. The average Bonchev–Trinajstić information content (AvgIpc) is 2.31. The van der Waals surface area contributed by atoms with E-state index in [1.165, 1.54) is 18.7 Å². The van der Waals surface area contributed by atoms with Gasteiger partial charge >= 0.3 is 0 Å². The van der Waals surface area contributed by atoms with Crippen molar-refractivity contribution >= 4 is 29.4 Å². The number of carbonyl (C=O) groups excluding carboxylic acids is 2. The van der Waals surface area contributed by atoms with Crippen LogP contribution in [0.4, 0.5) is 5.82 Å². The topological polar surface area (TPSA) is 110 Å². The van der Waals surface area contributed by atoms with Gasteiger partial charge in [-0.15, -0.1) is 0 Å². The minimum Gasteiger partial charge on any atom is -0.384 e. The Balaban J connectivity index is 2.28. The molecule has 1 rings (SSSR count). The van der Waals surface area contributed by atoms with Crippen LogP contribution in [0, 0.1) is 6.92 Å². The van der Waals surface area contributed by atoms with E-state index in [0.717, 1.165) is 5.69 Å². The van der Waals surface area contributed by atoms with Crippen LogP contribution in [0.1, 0.15) is 12.6 Å². The molecule has 2 amide bonds. The van der Waals surface area contributed by atoms with Gasteiger partial charge < -0.3 is 16.4 Å². The van der Waals surface area contributed by atoms with Crippen molar-refractivity contribution in [3.63, 3.8) is 0 Å². The molecule has 8 heteroatoms. The SMILES string of the molecule is CC(=O)NCCNC(=O)CSc1nc(C)cc(N)n1. The molecule has 0 aliphatic heterocycles. The number of thioether (sulfide) groups is 1. The summed E-state index contributed by atoms with van der Waals surface area (Å²) >= 11 is 1.22. The second kappa shape index (κ2) is 7.57. The van der Waals surface area contributed by atoms with Gasteiger partial charge in [-0.1, -0.05) is 11.8 Å². The van der Waals surface area contributed by atoms with Crippen LogP contribution >= 0.6 is 11.8 Å². The summed E-state index contributed by atoms with van der Waals surface area (Å²) in [6, 6.07) is 1.66. The molecule has 1 aromatic heterocycles. The lowest BCUT2D eigenvalue weighted by Crippen LogP contribution is -2.34. The van der Waals surface area contributed by atoms with E-state index in [2.05, 4.69) is 20.6 Å². The van der Waals surface area contributed by atoms with E-state index in [1.54, 1.807) is 6.07 Å². The van der Waals surface area contributed by atoms with Gasteiger partial charge in [0.2, 0.25) is 11.8 Å². The molecule has 1 aromatic rings. The quantitative estimate of drug-likeness (QED) is 0.376. The Morgan fingerprint density at radius 3 is 2.63 bits per heavy atom. The molecule has 0 radical (unpaired) electrons. The molecule has 1 heterocycles. The van der Waals surface area contributed by atoms with Crippen LogP contribution in [-0.4, -0.2) is 40.6 Å². The fourth-order valence-electron chi connectivity index (χ4n) is 1.25. The van der Waals surface area contributed by atoms with E-state index >= 15 is 0 Å². The van der Waals surface area contributed by atoms with Crippen molar-refractivity contribution in [1.82, 2.24) is 20.6 Å². The highest BCUT2D eigenvalue weighted by molar-refractivity contribution is 7.99. The molecule has 0 aliphatic rings. The third-order valence-corrected chi connectivity index (χ3v) is 2.85. The maximum Gasteiger partial charge on any atom is 0.230 e. The number of aryl methyl sites for hydroxylation is 1. The minimum atomic E-state index is -0.140. The Morgan fingerprint density at radius 1 is 1.32 bits per heavy atom. The second-order valence-corrected chi connectivity index (χ2v) is 4.78. The summed E-state index contributed by atoms with van der Waals surface area (Å²) in [4.78, 5) is 30.3. The lowest BCUT2D eigenvalue weighted by atomic mass is 10.4. The lowest BCUT2D eigenvalue weighted by molar-refractivity contribution is -0.120. The van der Waals surface area contributed by atoms with Gasteiger partial charge in [-0.2, -0.15) is 0 Å². The number of rotatable bonds is 6. The van der Waals surface area contributed by atoms with Crippen molar-refractivity contribution in [2.24, 2.45) is 0 Å². The number of hydrogen-bond acceptors (Lipinski definition) is 6. The summed E-state index contributed by atoms with van der Waals surface area (Å²) in [6.07, 6.45) is 0. The standard InChI is InChI=1S/C11H17N5O2S/c1-7-5-9(12)16-11(15-7)19-6-10(18)14-4-3-13-8(2)17/h5H,3-4,6H2,1-2H3,(H,13,17)(H,14,18)(H2,12,15,16). The van der Waals surface area contributed by atoms with Gasteiger partial charge in [0, 0.05) is 31.8 Å². The van der Waals surface area contributed by atoms with Crippen LogP contribution in [0.3, 0.4) is 0 Å². The van der Waals surface area contributed by atoms with E-state index in [4.69, 9.17) is 5.73 Å². The summed E-state index contributed by atoms with van der Waals surface area (Å²) in [6.45, 7) is 4.06. The summed E-state index contributed by atoms with van der Waals surface area (Å²) in [7, 11) is 0. The molecule has 4 N–H and O–H groups in total. The lowest BCUT2D eigenvalue weighted by Gasteiger charge is -2.05. The van der Waals surface area contributed by atoms with Gasteiger partial charge in [-0.05, 0) is 6.92 Å². The molecular formula is C11H17N5O2S. The largest absolute Gasteiger partial charge is 0.384 e. The van der Waals surface area contributed by atoms with E-state index < -0.39 is 0 Å². The summed E-state index contributed by atoms with van der Waals surface area (Å²) in [5.74, 6) is 0.343. The number of nitrogens with zero attached hydrogens (tertiary/aromatic N) is 2. The minimum absolute atomic E-state index is 0.118. The molecular weight excluding hydrogens is 266 g/mol. The molecule has 0 spiro atoms. The maximum absolute atomic E-state index is 11.5. The molecule has 19 heavy (non-hydrogen) atoms. The van der Waals surface area contributed by atoms with Crippen LogP contribution in [0.5, 0.6) is 0 Å². The van der Waals surface area contributed by atoms with E-state index in [1.807, 2.05) is 6.92 Å². The first-order valence-corrected chi connectivity index (χ1v) is 6.71. The molecule has 0 saturated carbocycles. The predicted molar refractivity (Wildman–Crippen MR) is 73.6 cm³/mol. The zero-order valence-electron chi connectivity index (χ0n) is 10.9. The molecule has 0 bridgehead atoms. The number of carbonyl (C=O) groups is 2. The second-order valence-electron chi connectivity index (χ2n) is 3.84. The first kappa shape index (κ1) is 15.2. The molecule has 0 unspecified atom stereocenters. The van der Waals surface area contributed by atoms with Crippen molar-refractivity contribution in [2.75, 3.05) is 24.6 Å². The van der Waals surface area contributed by atoms with Crippen molar-refractivity contribution in [3.05, 3.63) is 11.8 Å². The fraction of sp³-hybridized carbons (Fsp3) is 0.455. The first-order chi connectivity index (χ1) is 8.97. The van der Waals surface area contributed by atoms with Crippen LogP contribution in [0.25, 0.3) is 0 Å². The molecule has 0 atom stereocenters.